The van der Waals surface area contributed by atoms with Gasteiger partial charge in [0.1, 0.15) is 0 Å². The van der Waals surface area contributed by atoms with Crippen molar-refractivity contribution in [3.63, 3.8) is 0 Å². The number of nitrogens with one attached hydrogen (secondary N) is 1. The van der Waals surface area contributed by atoms with Crippen molar-refractivity contribution < 1.29 is 0 Å². The van der Waals surface area contributed by atoms with E-state index in [1.165, 1.54) is 5.69 Å². The molecule has 0 atom stereocenters. The van der Waals surface area contributed by atoms with Crippen LogP contribution in [0.3, 0.4) is 0 Å². The number of hydrogen-bond donors (Lipinski definition) is 1. The van der Waals surface area contributed by atoms with Crippen LogP contribution in [-0.2, 0) is 0 Å². The van der Waals surface area contributed by atoms with Gasteiger partial charge in [0, 0.05) is 36.7 Å². The van der Waals surface area contributed by atoms with Crippen molar-refractivity contribution >= 4 is 17.3 Å². The van der Waals surface area contributed by atoms with Crippen molar-refractivity contribution in [2.24, 2.45) is 0 Å². The van der Waals surface area contributed by atoms with Gasteiger partial charge in [-0.1, -0.05) is 0 Å². The molecule has 0 aliphatic rings. The van der Waals surface area contributed by atoms with Crippen molar-refractivity contribution in [3.8, 4) is 0 Å². The minimum absolute atomic E-state index is 0.392. The van der Waals surface area contributed by atoms with Gasteiger partial charge in [0.2, 0.25) is 5.95 Å². The molecule has 0 saturated carbocycles. The first-order valence-corrected chi connectivity index (χ1v) is 7.72. The predicted octanol–water partition coefficient (Wildman–Crippen LogP) is 4.36. The average Bonchev–Trinajstić information content (AvgIpc) is 2.83. The Bertz CT molecular complexity index is 565. The first-order valence-electron chi connectivity index (χ1n) is 7.72. The Morgan fingerprint density at radius 3 is 2.29 bits per heavy atom. The molecule has 0 bridgehead atoms. The maximum Gasteiger partial charge on any atom is 0.207 e. The van der Waals surface area contributed by atoms with Crippen LogP contribution in [0.15, 0.2) is 30.5 Å². The lowest BCUT2D eigenvalue weighted by atomic mass is 10.2. The molecule has 1 N–H and O–H groups in total. The van der Waals surface area contributed by atoms with Crippen molar-refractivity contribution in [2.75, 3.05) is 23.3 Å². The molecule has 4 nitrogen and oxygen atoms in total. The van der Waals surface area contributed by atoms with E-state index < -0.39 is 0 Å². The molecule has 0 unspecified atom stereocenters. The Hall–Kier alpha value is -1.97. The summed E-state index contributed by atoms with van der Waals surface area (Å²) < 4.78 is 2.16. The lowest BCUT2D eigenvalue weighted by molar-refractivity contribution is 0.607. The molecule has 1 aromatic heterocycles. The van der Waals surface area contributed by atoms with Gasteiger partial charge in [-0.2, -0.15) is 0 Å². The van der Waals surface area contributed by atoms with Crippen LogP contribution in [0.2, 0.25) is 0 Å². The highest BCUT2D eigenvalue weighted by atomic mass is 15.2. The molecule has 21 heavy (non-hydrogen) atoms. The van der Waals surface area contributed by atoms with Gasteiger partial charge in [0.25, 0.3) is 0 Å². The highest BCUT2D eigenvalue weighted by molar-refractivity contribution is 5.59. The molecule has 0 spiro atoms. The van der Waals surface area contributed by atoms with E-state index in [1.807, 2.05) is 6.92 Å². The van der Waals surface area contributed by atoms with Gasteiger partial charge in [-0.05, 0) is 58.9 Å². The van der Waals surface area contributed by atoms with Gasteiger partial charge in [0.15, 0.2) is 0 Å². The zero-order chi connectivity index (χ0) is 15.4. The highest BCUT2D eigenvalue weighted by Gasteiger charge is 2.09. The fourth-order valence-electron chi connectivity index (χ4n) is 2.48. The molecule has 114 valence electrons. The summed E-state index contributed by atoms with van der Waals surface area (Å²) in [6.45, 7) is 12.8. The maximum atomic E-state index is 4.56. The van der Waals surface area contributed by atoms with Crippen LogP contribution in [0, 0.1) is 6.92 Å². The van der Waals surface area contributed by atoms with Crippen molar-refractivity contribution in [3.05, 3.63) is 36.2 Å². The number of nitrogens with zero attached hydrogens (tertiary/aromatic N) is 3. The van der Waals surface area contributed by atoms with Gasteiger partial charge in [-0.15, -0.1) is 0 Å². The molecule has 0 fully saturated rings. The van der Waals surface area contributed by atoms with Crippen LogP contribution < -0.4 is 10.2 Å². The first kappa shape index (κ1) is 15.4. The van der Waals surface area contributed by atoms with Crippen molar-refractivity contribution in [1.29, 1.82) is 0 Å². The molecule has 1 aromatic carbocycles. The number of benzene rings is 1. The summed E-state index contributed by atoms with van der Waals surface area (Å²) >= 11 is 0. The van der Waals surface area contributed by atoms with E-state index in [-0.39, 0.29) is 0 Å². The summed E-state index contributed by atoms with van der Waals surface area (Å²) in [7, 11) is 0. The SMILES string of the molecule is CCN(CC)c1ccc(Nc2nc(C)cn2C(C)C)cc1. The smallest absolute Gasteiger partial charge is 0.207 e. The standard InChI is InChI=1S/C17H26N4/c1-6-20(7-2)16-10-8-15(9-11-16)19-17-18-14(5)12-21(17)13(3)4/h8-13H,6-7H2,1-5H3,(H,18,19). The van der Waals surface area contributed by atoms with E-state index in [2.05, 4.69) is 77.9 Å². The fraction of sp³-hybridized carbons (Fsp3) is 0.471. The summed E-state index contributed by atoms with van der Waals surface area (Å²) in [6.07, 6.45) is 2.08. The van der Waals surface area contributed by atoms with Crippen LogP contribution in [0.1, 0.15) is 39.4 Å². The third kappa shape index (κ3) is 3.57. The normalized spacial score (nSPS) is 11.0. The molecular formula is C17H26N4. The Labute approximate surface area is 127 Å². The van der Waals surface area contributed by atoms with Gasteiger partial charge in [-0.3, -0.25) is 0 Å². The van der Waals surface area contributed by atoms with E-state index in [0.29, 0.717) is 6.04 Å². The molecular weight excluding hydrogens is 260 g/mol. The van der Waals surface area contributed by atoms with Crippen LogP contribution in [-0.4, -0.2) is 22.6 Å². The predicted molar refractivity (Wildman–Crippen MR) is 90.6 cm³/mol. The van der Waals surface area contributed by atoms with Crippen molar-refractivity contribution in [1.82, 2.24) is 9.55 Å². The highest BCUT2D eigenvalue weighted by Crippen LogP contribution is 2.22. The van der Waals surface area contributed by atoms with E-state index >= 15 is 0 Å². The Balaban J connectivity index is 2.17. The van der Waals surface area contributed by atoms with Crippen LogP contribution in [0.5, 0.6) is 0 Å². The summed E-state index contributed by atoms with van der Waals surface area (Å²) in [5, 5.41) is 3.41. The second-order valence-corrected chi connectivity index (χ2v) is 5.55. The minimum Gasteiger partial charge on any atom is -0.372 e. The quantitative estimate of drug-likeness (QED) is 0.856. The molecule has 0 aliphatic carbocycles. The van der Waals surface area contributed by atoms with Gasteiger partial charge in [0.05, 0.1) is 5.69 Å². The number of hydrogen-bond acceptors (Lipinski definition) is 3. The van der Waals surface area contributed by atoms with Crippen molar-refractivity contribution in [2.45, 2.75) is 40.7 Å². The number of aryl methyl sites for hydroxylation is 1. The van der Waals surface area contributed by atoms with E-state index in [1.54, 1.807) is 0 Å². The number of rotatable bonds is 6. The third-order valence-corrected chi connectivity index (χ3v) is 3.66. The second kappa shape index (κ2) is 6.66. The van der Waals surface area contributed by atoms with E-state index in [9.17, 15) is 0 Å². The van der Waals surface area contributed by atoms with Gasteiger partial charge >= 0.3 is 0 Å². The number of anilines is 3. The molecule has 0 radical (unpaired) electrons. The molecule has 4 heteroatoms. The van der Waals surface area contributed by atoms with Crippen LogP contribution in [0.4, 0.5) is 17.3 Å². The summed E-state index contributed by atoms with van der Waals surface area (Å²) in [6, 6.07) is 8.93. The lowest BCUT2D eigenvalue weighted by Gasteiger charge is -2.21. The zero-order valence-corrected chi connectivity index (χ0v) is 13.7. The molecule has 0 aliphatic heterocycles. The third-order valence-electron chi connectivity index (χ3n) is 3.66. The van der Waals surface area contributed by atoms with Gasteiger partial charge in [-0.25, -0.2) is 4.98 Å². The molecule has 1 heterocycles. The van der Waals surface area contributed by atoms with Crippen LogP contribution in [0.25, 0.3) is 0 Å². The first-order chi connectivity index (χ1) is 10.0. The monoisotopic (exact) mass is 286 g/mol. The summed E-state index contributed by atoms with van der Waals surface area (Å²) in [5.41, 5.74) is 3.36. The summed E-state index contributed by atoms with van der Waals surface area (Å²) in [4.78, 5) is 6.89. The summed E-state index contributed by atoms with van der Waals surface area (Å²) in [5.74, 6) is 0.901. The van der Waals surface area contributed by atoms with Crippen LogP contribution >= 0.6 is 0 Å². The largest absolute Gasteiger partial charge is 0.372 e. The Morgan fingerprint density at radius 1 is 1.14 bits per heavy atom. The molecule has 2 aromatic rings. The van der Waals surface area contributed by atoms with E-state index in [4.69, 9.17) is 0 Å². The second-order valence-electron chi connectivity index (χ2n) is 5.55. The average molecular weight is 286 g/mol. The molecule has 0 amide bonds. The number of imidazole rings is 1. The Morgan fingerprint density at radius 2 is 1.76 bits per heavy atom. The van der Waals surface area contributed by atoms with Gasteiger partial charge < -0.3 is 14.8 Å². The topological polar surface area (TPSA) is 33.1 Å². The fourth-order valence-corrected chi connectivity index (χ4v) is 2.48. The lowest BCUT2D eigenvalue weighted by Crippen LogP contribution is -2.21. The molecule has 0 saturated heterocycles. The molecule has 2 rings (SSSR count). The minimum atomic E-state index is 0.392. The van der Waals surface area contributed by atoms with E-state index in [0.717, 1.165) is 30.4 Å². The zero-order valence-electron chi connectivity index (χ0n) is 13.7. The Kier molecular flexibility index (Phi) is 4.89. The number of aromatic nitrogens is 2. The maximum absolute atomic E-state index is 4.56.